The lowest BCUT2D eigenvalue weighted by Gasteiger charge is -2.27. The van der Waals surface area contributed by atoms with E-state index in [1.807, 2.05) is 13.0 Å². The molecule has 1 aliphatic heterocycles. The molecule has 1 saturated carbocycles. The highest BCUT2D eigenvalue weighted by atomic mass is 16.5. The first-order valence-electron chi connectivity index (χ1n) is 11.7. The predicted octanol–water partition coefficient (Wildman–Crippen LogP) is 4.34. The zero-order valence-electron chi connectivity index (χ0n) is 18.8. The maximum Gasteiger partial charge on any atom is 0.336 e. The number of carboxylic acid groups (broad SMARTS) is 2. The Bertz CT molecular complexity index is 1200. The second kappa shape index (κ2) is 8.54. The van der Waals surface area contributed by atoms with Gasteiger partial charge in [-0.25, -0.2) is 9.59 Å². The quantitative estimate of drug-likeness (QED) is 0.663. The van der Waals surface area contributed by atoms with Crippen molar-refractivity contribution < 1.29 is 24.5 Å². The molecule has 1 fully saturated rings. The molecule has 7 nitrogen and oxygen atoms in total. The van der Waals surface area contributed by atoms with Gasteiger partial charge in [-0.2, -0.15) is 0 Å². The van der Waals surface area contributed by atoms with Crippen LogP contribution < -0.4 is 4.74 Å². The first-order chi connectivity index (χ1) is 15.9. The highest BCUT2D eigenvalue weighted by Gasteiger charge is 2.30. The molecule has 1 aromatic heterocycles. The van der Waals surface area contributed by atoms with Crippen molar-refractivity contribution >= 4 is 23.2 Å². The molecular weight excluding hydrogens is 420 g/mol. The van der Waals surface area contributed by atoms with Crippen molar-refractivity contribution in [3.8, 4) is 17.0 Å². The first kappa shape index (κ1) is 21.5. The molecule has 7 heteroatoms. The molecule has 3 aliphatic rings. The number of fused-ring (bicyclic) bond motifs is 5. The topological polar surface area (TPSA) is 101 Å². The Balaban J connectivity index is 1.71. The zero-order valence-corrected chi connectivity index (χ0v) is 18.8. The highest BCUT2D eigenvalue weighted by molar-refractivity contribution is 6.21. The Morgan fingerprint density at radius 2 is 1.85 bits per heavy atom. The summed E-state index contributed by atoms with van der Waals surface area (Å²) < 4.78 is 8.51. The Morgan fingerprint density at radius 1 is 1.09 bits per heavy atom. The number of nitrogens with zero attached hydrogens (tertiary/aromatic N) is 2. The van der Waals surface area contributed by atoms with E-state index in [1.165, 1.54) is 6.42 Å². The van der Waals surface area contributed by atoms with E-state index in [4.69, 9.17) is 4.74 Å². The molecule has 2 aromatic rings. The van der Waals surface area contributed by atoms with E-state index in [0.717, 1.165) is 78.4 Å². The van der Waals surface area contributed by atoms with E-state index in [1.54, 1.807) is 6.07 Å². The van der Waals surface area contributed by atoms with Crippen LogP contribution in [0.4, 0.5) is 0 Å². The summed E-state index contributed by atoms with van der Waals surface area (Å²) in [6, 6.07) is 5.91. The number of aliphatic imine (C=N–C) groups is 1. The van der Waals surface area contributed by atoms with Crippen molar-refractivity contribution in [1.82, 2.24) is 4.57 Å². The van der Waals surface area contributed by atoms with Crippen molar-refractivity contribution in [3.05, 3.63) is 46.7 Å². The van der Waals surface area contributed by atoms with Gasteiger partial charge in [0.25, 0.3) is 0 Å². The molecule has 2 N–H and O–H groups in total. The SMILES string of the molecule is CC1=NCCn2c1cc1c2-c2c(cc(OC3CCCCC3)cc2C(=CC(=O)O)C(=O)O)CC1. The van der Waals surface area contributed by atoms with Crippen LogP contribution in [0.2, 0.25) is 0 Å². The van der Waals surface area contributed by atoms with E-state index in [9.17, 15) is 19.8 Å². The summed E-state index contributed by atoms with van der Waals surface area (Å²) in [5, 5.41) is 19.4. The van der Waals surface area contributed by atoms with Gasteiger partial charge < -0.3 is 19.5 Å². The van der Waals surface area contributed by atoms with E-state index in [0.29, 0.717) is 24.4 Å². The molecule has 0 spiro atoms. The molecule has 0 bridgehead atoms. The standard InChI is InChI=1S/C26H28N2O5/c1-15-22-12-17-8-7-16-11-19(33-18-5-3-2-4-6-18)13-20(21(26(31)32)14-23(29)30)24(16)25(17)28(22)10-9-27-15/h11-14,18H,2-10H2,1H3,(H,29,30)(H,31,32). The zero-order chi connectivity index (χ0) is 23.1. The second-order valence-corrected chi connectivity index (χ2v) is 9.11. The lowest BCUT2D eigenvalue weighted by atomic mass is 9.84. The van der Waals surface area contributed by atoms with Crippen molar-refractivity contribution in [2.24, 2.45) is 4.99 Å². The number of hydrogen-bond acceptors (Lipinski definition) is 4. The third-order valence-electron chi connectivity index (χ3n) is 6.96. The van der Waals surface area contributed by atoms with Gasteiger partial charge in [-0.15, -0.1) is 0 Å². The van der Waals surface area contributed by atoms with E-state index in [2.05, 4.69) is 15.6 Å². The third-order valence-corrected chi connectivity index (χ3v) is 6.96. The minimum atomic E-state index is -1.28. The molecule has 5 rings (SSSR count). The molecular formula is C26H28N2O5. The van der Waals surface area contributed by atoms with E-state index in [-0.39, 0.29) is 11.7 Å². The fourth-order valence-electron chi connectivity index (χ4n) is 5.48. The Kier molecular flexibility index (Phi) is 5.56. The van der Waals surface area contributed by atoms with Crippen molar-refractivity contribution in [1.29, 1.82) is 0 Å². The van der Waals surface area contributed by atoms with Gasteiger partial charge >= 0.3 is 11.9 Å². The number of carbonyl (C=O) groups is 2. The third kappa shape index (κ3) is 3.96. The molecule has 1 aromatic carbocycles. The fourth-order valence-corrected chi connectivity index (χ4v) is 5.48. The average molecular weight is 449 g/mol. The number of aliphatic carboxylic acids is 2. The highest BCUT2D eigenvalue weighted by Crippen LogP contribution is 2.43. The van der Waals surface area contributed by atoms with Crippen LogP contribution in [-0.4, -0.2) is 45.1 Å². The maximum atomic E-state index is 12.2. The second-order valence-electron chi connectivity index (χ2n) is 9.11. The van der Waals surface area contributed by atoms with Crippen molar-refractivity contribution in [2.75, 3.05) is 6.54 Å². The molecule has 33 heavy (non-hydrogen) atoms. The monoisotopic (exact) mass is 448 g/mol. The average Bonchev–Trinajstić information content (AvgIpc) is 3.18. The minimum Gasteiger partial charge on any atom is -0.490 e. The molecule has 0 atom stereocenters. The van der Waals surface area contributed by atoms with E-state index >= 15 is 0 Å². The van der Waals surface area contributed by atoms with Gasteiger partial charge in [-0.3, -0.25) is 4.99 Å². The predicted molar refractivity (Wildman–Crippen MR) is 125 cm³/mol. The number of carboxylic acids is 2. The summed E-state index contributed by atoms with van der Waals surface area (Å²) in [5.74, 6) is -1.92. The molecule has 0 saturated heterocycles. The van der Waals surface area contributed by atoms with Gasteiger partial charge in [-0.1, -0.05) is 6.42 Å². The van der Waals surface area contributed by atoms with Gasteiger partial charge in [0.05, 0.1) is 35.3 Å². The summed E-state index contributed by atoms with van der Waals surface area (Å²) in [7, 11) is 0. The largest absolute Gasteiger partial charge is 0.490 e. The van der Waals surface area contributed by atoms with Gasteiger partial charge in [0.1, 0.15) is 5.75 Å². The Labute approximate surface area is 192 Å². The van der Waals surface area contributed by atoms with Crippen molar-refractivity contribution in [2.45, 2.75) is 64.5 Å². The first-order valence-corrected chi connectivity index (χ1v) is 11.7. The molecule has 2 heterocycles. The molecule has 2 aliphatic carbocycles. The summed E-state index contributed by atoms with van der Waals surface area (Å²) >= 11 is 0. The molecule has 0 radical (unpaired) electrons. The van der Waals surface area contributed by atoms with E-state index < -0.39 is 11.9 Å². The summed E-state index contributed by atoms with van der Waals surface area (Å²) in [6.45, 7) is 3.38. The van der Waals surface area contributed by atoms with Crippen LogP contribution >= 0.6 is 0 Å². The smallest absolute Gasteiger partial charge is 0.336 e. The van der Waals surface area contributed by atoms with Gasteiger partial charge in [0.15, 0.2) is 0 Å². The summed E-state index contributed by atoms with van der Waals surface area (Å²) in [4.78, 5) is 28.3. The Morgan fingerprint density at radius 3 is 2.58 bits per heavy atom. The maximum absolute atomic E-state index is 12.2. The van der Waals surface area contributed by atoms with Crippen LogP contribution in [0.25, 0.3) is 16.8 Å². The van der Waals surface area contributed by atoms with Gasteiger partial charge in [0.2, 0.25) is 0 Å². The normalized spacial score (nSPS) is 18.1. The number of hydrogen-bond donors (Lipinski definition) is 2. The minimum absolute atomic E-state index is 0.112. The molecule has 172 valence electrons. The van der Waals surface area contributed by atoms with Crippen LogP contribution in [0.3, 0.4) is 0 Å². The molecule has 0 amide bonds. The fraction of sp³-hybridized carbons (Fsp3) is 0.423. The lowest BCUT2D eigenvalue weighted by molar-refractivity contribution is -0.133. The number of ether oxygens (including phenoxy) is 1. The summed E-state index contributed by atoms with van der Waals surface area (Å²) in [6.07, 6.45) is 7.93. The van der Waals surface area contributed by atoms with Gasteiger partial charge in [-0.05, 0) is 74.8 Å². The number of rotatable bonds is 5. The number of aromatic nitrogens is 1. The van der Waals surface area contributed by atoms with Crippen LogP contribution in [0.1, 0.15) is 61.4 Å². The van der Waals surface area contributed by atoms with Crippen LogP contribution in [0, 0.1) is 0 Å². The van der Waals surface area contributed by atoms with Gasteiger partial charge in [0, 0.05) is 23.7 Å². The Hall–Kier alpha value is -3.35. The lowest BCUT2D eigenvalue weighted by Crippen LogP contribution is -2.21. The van der Waals surface area contributed by atoms with Crippen LogP contribution in [-0.2, 0) is 29.0 Å². The number of benzene rings is 1. The molecule has 0 unspecified atom stereocenters. The summed E-state index contributed by atoms with van der Waals surface area (Å²) in [5.41, 5.74) is 6.15. The van der Waals surface area contributed by atoms with Crippen molar-refractivity contribution in [3.63, 3.8) is 0 Å². The van der Waals surface area contributed by atoms with Crippen LogP contribution in [0.5, 0.6) is 5.75 Å². The number of aryl methyl sites for hydroxylation is 2. The van der Waals surface area contributed by atoms with Crippen LogP contribution in [0.15, 0.2) is 29.3 Å².